The lowest BCUT2D eigenvalue weighted by molar-refractivity contribution is 0.415. The van der Waals surface area contributed by atoms with Gasteiger partial charge in [0.05, 0.1) is 27.4 Å². The summed E-state index contributed by atoms with van der Waals surface area (Å²) in [6, 6.07) is 89.2. The largest absolute Gasteiger partial charge is 0.497 e. The van der Waals surface area contributed by atoms with Gasteiger partial charge < -0.3 is 9.47 Å². The van der Waals surface area contributed by atoms with Crippen LogP contribution in [0.5, 0.6) is 11.5 Å². The summed E-state index contributed by atoms with van der Waals surface area (Å²) >= 11 is 12.2. The zero-order chi connectivity index (χ0) is 64.6. The highest BCUT2D eigenvalue weighted by Crippen LogP contribution is 2.25. The van der Waals surface area contributed by atoms with Crippen molar-refractivity contribution in [2.24, 2.45) is 0 Å². The van der Waals surface area contributed by atoms with E-state index in [0.29, 0.717) is 11.4 Å². The molecule has 0 amide bonds. The van der Waals surface area contributed by atoms with Crippen LogP contribution in [-0.4, -0.2) is 14.2 Å². The van der Waals surface area contributed by atoms with E-state index in [0.717, 1.165) is 36.6 Å². The predicted molar refractivity (Wildman–Crippen MR) is 387 cm³/mol. The molecule has 0 fully saturated rings. The minimum atomic E-state index is 0.664. The van der Waals surface area contributed by atoms with Gasteiger partial charge in [-0.05, 0) is 147 Å². The summed E-state index contributed by atoms with van der Waals surface area (Å²) in [5.41, 5.74) is 20.5. The number of benzene rings is 11. The first kappa shape index (κ1) is 73.5. The third-order valence-corrected chi connectivity index (χ3v) is 14.1. The normalized spacial score (nSPS) is 9.34. The van der Waals surface area contributed by atoms with Crippen LogP contribution in [0.15, 0.2) is 276 Å². The van der Waals surface area contributed by atoms with E-state index < -0.39 is 0 Å². The van der Waals surface area contributed by atoms with E-state index in [9.17, 15) is 0 Å². The Morgan fingerprint density at radius 2 is 0.409 bits per heavy atom. The molecule has 0 aliphatic carbocycles. The second-order valence-electron chi connectivity index (χ2n) is 20.8. The van der Waals surface area contributed by atoms with Crippen LogP contribution in [0.25, 0.3) is 31.9 Å². The van der Waals surface area contributed by atoms with Gasteiger partial charge in [0.25, 0.3) is 0 Å². The maximum absolute atomic E-state index is 6.88. The lowest BCUT2D eigenvalue weighted by Gasteiger charge is -2.03. The van der Waals surface area contributed by atoms with Gasteiger partial charge in [-0.3, -0.25) is 0 Å². The summed E-state index contributed by atoms with van der Waals surface area (Å²) in [4.78, 5) is 6.60. The molecule has 0 unspecified atom stereocenters. The van der Waals surface area contributed by atoms with Crippen molar-refractivity contribution in [3.8, 4) is 33.8 Å². The molecule has 4 nitrogen and oxygen atoms in total. The molecule has 0 N–H and O–H groups in total. The number of halogens is 3. The number of ether oxygens (including phenoxy) is 2. The number of rotatable bonds is 4. The molecule has 0 saturated carbocycles. The molecular weight excluding hydrogens is 1230 g/mol. The van der Waals surface area contributed by atoms with Crippen molar-refractivity contribution in [1.29, 1.82) is 0 Å². The summed E-state index contributed by atoms with van der Waals surface area (Å²) in [6.07, 6.45) is 0. The Kier molecular flexibility index (Phi) is 35.2. The Hall–Kier alpha value is -8.75. The van der Waals surface area contributed by atoms with Gasteiger partial charge in [-0.1, -0.05) is 323 Å². The molecular formula is C81H83Br2ClN2O2. The molecule has 0 heterocycles. The molecule has 11 aromatic rings. The van der Waals surface area contributed by atoms with Gasteiger partial charge in [-0.2, -0.15) is 0 Å². The highest BCUT2D eigenvalue weighted by atomic mass is 79.9. The smallest absolute Gasteiger partial charge is 0.187 e. The van der Waals surface area contributed by atoms with E-state index in [1.165, 1.54) is 72.3 Å². The monoisotopic (exact) mass is 1310 g/mol. The molecule has 0 atom stereocenters. The molecule has 0 saturated heterocycles. The van der Waals surface area contributed by atoms with E-state index >= 15 is 0 Å². The number of hydrogen-bond acceptors (Lipinski definition) is 2. The summed E-state index contributed by atoms with van der Waals surface area (Å²) < 4.78 is 12.4. The molecule has 11 rings (SSSR count). The fourth-order valence-corrected chi connectivity index (χ4v) is 7.83. The van der Waals surface area contributed by atoms with Gasteiger partial charge in [0.15, 0.2) is 11.4 Å². The van der Waals surface area contributed by atoms with Crippen molar-refractivity contribution in [3.05, 3.63) is 365 Å². The molecule has 0 bridgehead atoms. The van der Waals surface area contributed by atoms with Crippen molar-refractivity contribution in [3.63, 3.8) is 0 Å². The maximum Gasteiger partial charge on any atom is 0.187 e. The Morgan fingerprint density at radius 3 is 0.602 bits per heavy atom. The molecule has 11 aromatic carbocycles. The first-order valence-corrected chi connectivity index (χ1v) is 30.7. The van der Waals surface area contributed by atoms with Crippen molar-refractivity contribution < 1.29 is 9.47 Å². The van der Waals surface area contributed by atoms with Crippen LogP contribution in [0, 0.1) is 89.3 Å². The summed E-state index contributed by atoms with van der Waals surface area (Å²) in [7, 11) is 3.33. The van der Waals surface area contributed by atoms with Crippen LogP contribution in [0.3, 0.4) is 0 Å². The molecule has 7 heteroatoms. The first-order valence-electron chi connectivity index (χ1n) is 28.7. The molecule has 0 aliphatic heterocycles. The number of methoxy groups -OCH3 is 2. The summed E-state index contributed by atoms with van der Waals surface area (Å²) in [5, 5.41) is 0.801. The molecule has 0 radical (unpaired) electrons. The predicted octanol–water partition coefficient (Wildman–Crippen LogP) is 25.2. The highest BCUT2D eigenvalue weighted by molar-refractivity contribution is 9.10. The van der Waals surface area contributed by atoms with E-state index in [1.54, 1.807) is 26.4 Å². The van der Waals surface area contributed by atoms with Crippen LogP contribution in [0.2, 0.25) is 5.02 Å². The van der Waals surface area contributed by atoms with Gasteiger partial charge in [0.2, 0.25) is 0 Å². The topological polar surface area (TPSA) is 27.2 Å². The van der Waals surface area contributed by atoms with Crippen LogP contribution >= 0.6 is 43.5 Å². The van der Waals surface area contributed by atoms with E-state index in [4.69, 9.17) is 34.2 Å². The molecule has 0 aliphatic rings. The average Bonchev–Trinajstić information content (AvgIpc) is 3.72. The third-order valence-electron chi connectivity index (χ3n) is 12.7. The lowest BCUT2D eigenvalue weighted by Crippen LogP contribution is -1.82. The number of hydrogen-bond donors (Lipinski definition) is 0. The van der Waals surface area contributed by atoms with Crippen LogP contribution < -0.4 is 9.47 Å². The van der Waals surface area contributed by atoms with E-state index in [1.807, 2.05) is 116 Å². The molecule has 450 valence electrons. The molecule has 88 heavy (non-hydrogen) atoms. The average molecular weight is 1310 g/mol. The lowest BCUT2D eigenvalue weighted by atomic mass is 10.0. The minimum absolute atomic E-state index is 0.664. The third kappa shape index (κ3) is 32.7. The SMILES string of the molecule is COc1ccc(-c2ccc(C)cc2)cc1.Cc1ccc(Br)cc1.Cc1ccc(C)cc1.Cc1ccc(C)cc1.Cc1ccc(C)cc1.Cc1ccc(C)cc1.Cc1ccc(Cl)cc1.[C-]#[N+]c1ccc(-c2ccc(OC)cc2)cc1.[C-]#[N+]c1ccc(Br)cc1. The van der Waals surface area contributed by atoms with Crippen LogP contribution in [-0.2, 0) is 0 Å². The van der Waals surface area contributed by atoms with Gasteiger partial charge in [0.1, 0.15) is 11.5 Å². The zero-order valence-corrected chi connectivity index (χ0v) is 57.2. The van der Waals surface area contributed by atoms with Gasteiger partial charge >= 0.3 is 0 Å². The second-order valence-corrected chi connectivity index (χ2v) is 23.0. The summed E-state index contributed by atoms with van der Waals surface area (Å²) in [5.74, 6) is 1.74. The molecule has 0 spiro atoms. The van der Waals surface area contributed by atoms with Gasteiger partial charge in [-0.15, -0.1) is 0 Å². The van der Waals surface area contributed by atoms with E-state index in [2.05, 4.69) is 256 Å². The maximum atomic E-state index is 6.88. The van der Waals surface area contributed by atoms with Gasteiger partial charge in [-0.25, -0.2) is 9.69 Å². The van der Waals surface area contributed by atoms with Crippen molar-refractivity contribution in [2.45, 2.75) is 76.2 Å². The fourth-order valence-electron chi connectivity index (χ4n) is 7.17. The number of aryl methyl sites for hydroxylation is 11. The van der Waals surface area contributed by atoms with E-state index in [-0.39, 0.29) is 0 Å². The summed E-state index contributed by atoms with van der Waals surface area (Å²) in [6.45, 7) is 36.5. The Morgan fingerprint density at radius 1 is 0.250 bits per heavy atom. The highest BCUT2D eigenvalue weighted by Gasteiger charge is 2.00. The van der Waals surface area contributed by atoms with Gasteiger partial charge in [0, 0.05) is 14.0 Å². The Labute approximate surface area is 549 Å². The quantitative estimate of drug-likeness (QED) is 0.164. The Balaban J connectivity index is 0.000000263. The van der Waals surface area contributed by atoms with Crippen molar-refractivity contribution in [1.82, 2.24) is 0 Å². The first-order chi connectivity index (χ1) is 42.2. The van der Waals surface area contributed by atoms with Crippen molar-refractivity contribution >= 4 is 54.8 Å². The van der Waals surface area contributed by atoms with Crippen molar-refractivity contribution in [2.75, 3.05) is 14.2 Å². The molecule has 0 aromatic heterocycles. The zero-order valence-electron chi connectivity index (χ0n) is 53.2. The minimum Gasteiger partial charge on any atom is -0.497 e. The number of nitrogens with zero attached hydrogens (tertiary/aromatic N) is 2. The standard InChI is InChI=1S/C14H11NO.C14H14O.4C8H10.C7H4BrN.C7H7Br.C7H7Cl/c1-15-13-7-3-11(4-8-13)12-5-9-14(16-2)10-6-12;1-11-3-5-12(6-4-11)13-7-9-14(15-2)10-8-13;4*1-7-3-5-8(2)6-4-7;1-9-7-4-2-6(8)3-5-7;2*1-6-2-4-7(8)5-3-6/h3-10H,2H3;3-10H,1-2H3;4*3-6H,1-2H3;2-5H;2*2-5H,1H3. The Bertz CT molecular complexity index is 3240. The fraction of sp³-hybridized carbons (Fsp3) is 0.160. The van der Waals surface area contributed by atoms with Crippen LogP contribution in [0.1, 0.15) is 61.2 Å². The second kappa shape index (κ2) is 42.2. The van der Waals surface area contributed by atoms with Crippen LogP contribution in [0.4, 0.5) is 11.4 Å².